The molecule has 0 bridgehead atoms. The van der Waals surface area contributed by atoms with E-state index in [-0.39, 0.29) is 6.04 Å². The monoisotopic (exact) mass is 341 g/mol. The van der Waals surface area contributed by atoms with Gasteiger partial charge in [-0.1, -0.05) is 0 Å². The molecule has 0 saturated carbocycles. The van der Waals surface area contributed by atoms with E-state index in [1.807, 2.05) is 0 Å². The number of hydrogen-bond acceptors (Lipinski definition) is 5. The molecule has 0 fully saturated rings. The third kappa shape index (κ3) is 3.25. The van der Waals surface area contributed by atoms with Crippen LogP contribution in [0.2, 0.25) is 0 Å². The van der Waals surface area contributed by atoms with Crippen LogP contribution in [0.1, 0.15) is 28.3 Å². The van der Waals surface area contributed by atoms with Crippen molar-refractivity contribution in [2.75, 3.05) is 12.4 Å². The smallest absolute Gasteiger partial charge is 0.232 e. The van der Waals surface area contributed by atoms with Crippen LogP contribution in [0, 0.1) is 13.8 Å². The van der Waals surface area contributed by atoms with E-state index >= 15 is 0 Å². The zero-order chi connectivity index (χ0) is 14.0. The highest BCUT2D eigenvalue weighted by Crippen LogP contribution is 2.29. The zero-order valence-electron chi connectivity index (χ0n) is 11.3. The largest absolute Gasteiger partial charge is 0.480 e. The lowest BCUT2D eigenvalue weighted by molar-refractivity contribution is 0.394. The normalized spacial score (nSPS) is 12.3. The number of anilines is 1. The molecule has 2 aromatic rings. The molecule has 0 amide bonds. The van der Waals surface area contributed by atoms with Crippen LogP contribution in [0.15, 0.2) is 16.7 Å². The van der Waals surface area contributed by atoms with Crippen LogP contribution in [0.5, 0.6) is 5.88 Å². The molecule has 0 spiro atoms. The summed E-state index contributed by atoms with van der Waals surface area (Å²) in [5.74, 6) is 1.10. The number of nitrogens with zero attached hydrogens (tertiary/aromatic N) is 2. The third-order valence-corrected chi connectivity index (χ3v) is 4.32. The van der Waals surface area contributed by atoms with E-state index in [9.17, 15) is 0 Å². The van der Waals surface area contributed by atoms with Gasteiger partial charge in [0.2, 0.25) is 11.8 Å². The van der Waals surface area contributed by atoms with Gasteiger partial charge in [0.05, 0.1) is 23.8 Å². The van der Waals surface area contributed by atoms with Gasteiger partial charge < -0.3 is 10.1 Å². The summed E-state index contributed by atoms with van der Waals surface area (Å²) in [6, 6.07) is 2.36. The van der Waals surface area contributed by atoms with E-state index in [1.165, 1.54) is 15.3 Å². The van der Waals surface area contributed by atoms with E-state index in [4.69, 9.17) is 4.74 Å². The topological polar surface area (TPSA) is 47.0 Å². The molecule has 102 valence electrons. The molecular formula is C13H16BrN3OS. The Morgan fingerprint density at radius 2 is 2.16 bits per heavy atom. The Bertz CT molecular complexity index is 585. The van der Waals surface area contributed by atoms with Gasteiger partial charge in [0.1, 0.15) is 0 Å². The van der Waals surface area contributed by atoms with E-state index in [0.717, 1.165) is 4.47 Å². The van der Waals surface area contributed by atoms with Gasteiger partial charge in [-0.15, -0.1) is 11.3 Å². The van der Waals surface area contributed by atoms with Gasteiger partial charge >= 0.3 is 0 Å². The summed E-state index contributed by atoms with van der Waals surface area (Å²) in [4.78, 5) is 11.2. The second-order valence-corrected chi connectivity index (χ2v) is 6.60. The van der Waals surface area contributed by atoms with E-state index < -0.39 is 0 Å². The maximum Gasteiger partial charge on any atom is 0.232 e. The maximum absolute atomic E-state index is 5.16. The summed E-state index contributed by atoms with van der Waals surface area (Å²) in [6.45, 7) is 6.35. The van der Waals surface area contributed by atoms with E-state index in [1.54, 1.807) is 24.6 Å². The quantitative estimate of drug-likeness (QED) is 0.909. The minimum Gasteiger partial charge on any atom is -0.480 e. The molecule has 2 heterocycles. The standard InChI is InChI=1S/C13H16BrN3OS/c1-7-5-10(9(3)19-7)8(2)16-13-15-6-11(14)12(17-13)18-4/h5-6,8H,1-4H3,(H,15,16,17). The third-order valence-electron chi connectivity index (χ3n) is 2.80. The van der Waals surface area contributed by atoms with Crippen molar-refractivity contribution in [2.24, 2.45) is 0 Å². The van der Waals surface area contributed by atoms with Gasteiger partial charge in [-0.25, -0.2) is 4.98 Å². The Kier molecular flexibility index (Phi) is 4.42. The molecule has 1 unspecified atom stereocenters. The Balaban J connectivity index is 2.19. The van der Waals surface area contributed by atoms with Crippen molar-refractivity contribution >= 4 is 33.2 Å². The van der Waals surface area contributed by atoms with Crippen molar-refractivity contribution in [1.82, 2.24) is 9.97 Å². The SMILES string of the molecule is COc1nc(NC(C)c2cc(C)sc2C)ncc1Br. The molecule has 0 aliphatic heterocycles. The summed E-state index contributed by atoms with van der Waals surface area (Å²) < 4.78 is 5.91. The number of nitrogens with one attached hydrogen (secondary N) is 1. The first kappa shape index (κ1) is 14.3. The van der Waals surface area contributed by atoms with Crippen molar-refractivity contribution in [1.29, 1.82) is 0 Å². The zero-order valence-corrected chi connectivity index (χ0v) is 13.7. The number of rotatable bonds is 4. The molecule has 0 saturated heterocycles. The van der Waals surface area contributed by atoms with Crippen molar-refractivity contribution < 1.29 is 4.74 Å². The van der Waals surface area contributed by atoms with E-state index in [0.29, 0.717) is 11.8 Å². The minimum absolute atomic E-state index is 0.163. The average Bonchev–Trinajstić information content (AvgIpc) is 2.71. The summed E-state index contributed by atoms with van der Waals surface area (Å²) in [7, 11) is 1.59. The second kappa shape index (κ2) is 5.88. The van der Waals surface area contributed by atoms with Crippen LogP contribution in [0.3, 0.4) is 0 Å². The first-order valence-electron chi connectivity index (χ1n) is 5.91. The van der Waals surface area contributed by atoms with Gasteiger partial charge in [0.15, 0.2) is 0 Å². The molecule has 2 aromatic heterocycles. The summed E-state index contributed by atoms with van der Waals surface area (Å²) in [5.41, 5.74) is 1.29. The Hall–Kier alpha value is -1.14. The number of aromatic nitrogens is 2. The van der Waals surface area contributed by atoms with Crippen molar-refractivity contribution in [3.8, 4) is 5.88 Å². The maximum atomic E-state index is 5.16. The van der Waals surface area contributed by atoms with Crippen LogP contribution in [0.25, 0.3) is 0 Å². The fourth-order valence-corrected chi connectivity index (χ4v) is 3.29. The Morgan fingerprint density at radius 1 is 1.42 bits per heavy atom. The molecule has 19 heavy (non-hydrogen) atoms. The molecule has 4 nitrogen and oxygen atoms in total. The second-order valence-electron chi connectivity index (χ2n) is 4.29. The molecule has 2 rings (SSSR count). The lowest BCUT2D eigenvalue weighted by atomic mass is 10.1. The van der Waals surface area contributed by atoms with Gasteiger partial charge in [-0.05, 0) is 48.3 Å². The predicted octanol–water partition coefficient (Wildman–Crippen LogP) is 4.10. The first-order chi connectivity index (χ1) is 9.01. The fraction of sp³-hybridized carbons (Fsp3) is 0.385. The number of halogens is 1. The van der Waals surface area contributed by atoms with Crippen LogP contribution in [-0.4, -0.2) is 17.1 Å². The summed E-state index contributed by atoms with van der Waals surface area (Å²) in [6.07, 6.45) is 1.69. The van der Waals surface area contributed by atoms with Crippen molar-refractivity contribution in [2.45, 2.75) is 26.8 Å². The minimum atomic E-state index is 0.163. The molecule has 0 aromatic carbocycles. The highest BCUT2D eigenvalue weighted by Gasteiger charge is 2.13. The molecule has 1 N–H and O–H groups in total. The number of hydrogen-bond donors (Lipinski definition) is 1. The number of aryl methyl sites for hydroxylation is 2. The molecule has 0 radical (unpaired) electrons. The Morgan fingerprint density at radius 3 is 2.74 bits per heavy atom. The molecule has 0 aliphatic carbocycles. The summed E-state index contributed by atoms with van der Waals surface area (Å²) >= 11 is 5.15. The lowest BCUT2D eigenvalue weighted by Crippen LogP contribution is -2.10. The van der Waals surface area contributed by atoms with Crippen molar-refractivity contribution in [3.63, 3.8) is 0 Å². The lowest BCUT2D eigenvalue weighted by Gasteiger charge is -2.14. The number of ether oxygens (including phenoxy) is 1. The van der Waals surface area contributed by atoms with Gasteiger partial charge in [-0.2, -0.15) is 4.98 Å². The van der Waals surface area contributed by atoms with Gasteiger partial charge in [0, 0.05) is 9.75 Å². The van der Waals surface area contributed by atoms with Gasteiger partial charge in [0.25, 0.3) is 0 Å². The number of thiophene rings is 1. The molecule has 1 atom stereocenters. The summed E-state index contributed by atoms with van der Waals surface area (Å²) in [5, 5.41) is 3.30. The molecular weight excluding hydrogens is 326 g/mol. The fourth-order valence-electron chi connectivity index (χ4n) is 1.92. The van der Waals surface area contributed by atoms with E-state index in [2.05, 4.69) is 58.1 Å². The predicted molar refractivity (Wildman–Crippen MR) is 82.1 cm³/mol. The van der Waals surface area contributed by atoms with Gasteiger partial charge in [-0.3, -0.25) is 0 Å². The number of methoxy groups -OCH3 is 1. The van der Waals surface area contributed by atoms with Crippen LogP contribution >= 0.6 is 27.3 Å². The molecule has 0 aliphatic rings. The average molecular weight is 342 g/mol. The van der Waals surface area contributed by atoms with Crippen LogP contribution in [-0.2, 0) is 0 Å². The first-order valence-corrected chi connectivity index (χ1v) is 7.52. The van der Waals surface area contributed by atoms with Crippen molar-refractivity contribution in [3.05, 3.63) is 32.1 Å². The van der Waals surface area contributed by atoms with Crippen LogP contribution in [0.4, 0.5) is 5.95 Å². The highest BCUT2D eigenvalue weighted by molar-refractivity contribution is 9.10. The molecule has 6 heteroatoms. The van der Waals surface area contributed by atoms with Crippen LogP contribution < -0.4 is 10.1 Å². The highest BCUT2D eigenvalue weighted by atomic mass is 79.9. The Labute approximate surface area is 125 Å².